The molecule has 33 heavy (non-hydrogen) atoms. The highest BCUT2D eigenvalue weighted by Gasteiger charge is 2.35. The Labute approximate surface area is 193 Å². The van der Waals surface area contributed by atoms with Crippen LogP contribution in [0.15, 0.2) is 30.4 Å². The lowest BCUT2D eigenvalue weighted by atomic mass is 9.93. The van der Waals surface area contributed by atoms with E-state index in [0.717, 1.165) is 12.0 Å². The van der Waals surface area contributed by atoms with Gasteiger partial charge < -0.3 is 33.5 Å². The normalized spacial score (nSPS) is 29.8. The van der Waals surface area contributed by atoms with Gasteiger partial charge in [0.05, 0.1) is 57.2 Å². The fraction of sp³-hybridized carbons (Fsp3) is 0.520. The van der Waals surface area contributed by atoms with E-state index in [4.69, 9.17) is 28.4 Å². The molecule has 0 amide bonds. The maximum atomic E-state index is 14.7. The number of hydrogen-bond acceptors (Lipinski definition) is 7. The molecule has 0 aromatic heterocycles. The molecule has 2 aromatic carbocycles. The Bertz CT molecular complexity index is 1020. The van der Waals surface area contributed by atoms with E-state index in [1.165, 1.54) is 20.3 Å². The molecule has 0 saturated carbocycles. The van der Waals surface area contributed by atoms with Crippen LogP contribution in [0.1, 0.15) is 38.4 Å². The number of benzene rings is 2. The minimum Gasteiger partial charge on any atom is -0.496 e. The molecule has 0 radical (unpaired) electrons. The van der Waals surface area contributed by atoms with E-state index in [2.05, 4.69) is 0 Å². The minimum absolute atomic E-state index is 0.104. The predicted molar refractivity (Wildman–Crippen MR) is 120 cm³/mol. The van der Waals surface area contributed by atoms with Crippen LogP contribution in [0.3, 0.4) is 0 Å². The summed E-state index contributed by atoms with van der Waals surface area (Å²) in [6.45, 7) is 3.76. The van der Waals surface area contributed by atoms with Crippen molar-refractivity contribution in [1.82, 2.24) is 0 Å². The van der Waals surface area contributed by atoms with Crippen LogP contribution < -0.4 is 14.2 Å². The number of rotatable bonds is 6. The molecule has 0 unspecified atom stereocenters. The van der Waals surface area contributed by atoms with Crippen LogP contribution >= 0.6 is 0 Å². The number of ether oxygens (including phenoxy) is 6. The molecule has 6 atom stereocenters. The Morgan fingerprint density at radius 1 is 0.939 bits per heavy atom. The van der Waals surface area contributed by atoms with E-state index in [-0.39, 0.29) is 30.2 Å². The van der Waals surface area contributed by atoms with Gasteiger partial charge >= 0.3 is 0 Å². The molecule has 4 rings (SSSR count). The number of fused-ring (bicyclic) bond motifs is 1. The summed E-state index contributed by atoms with van der Waals surface area (Å²) in [4.78, 5) is 0. The standard InChI is InChI=1S/C25H31FO7/c1-13-18(27)8-11-22(32-13)33-19-9-10-20(31-14(19)2)16-7-6-15-21(28-3)12-17(26)25(30-5)23(15)24(16)29-4/h6-8,11-14,18-20,22,27H,9-10H2,1-5H3/t13-,14+,18+,19-,20+,22-/m1/s1. The van der Waals surface area contributed by atoms with E-state index < -0.39 is 18.2 Å². The quantitative estimate of drug-likeness (QED) is 0.642. The van der Waals surface area contributed by atoms with Gasteiger partial charge in [-0.2, -0.15) is 0 Å². The molecule has 2 aromatic rings. The Morgan fingerprint density at radius 2 is 1.70 bits per heavy atom. The summed E-state index contributed by atoms with van der Waals surface area (Å²) in [5.41, 5.74) is 0.812. The third-order valence-electron chi connectivity index (χ3n) is 6.35. The molecular formula is C25H31FO7. The van der Waals surface area contributed by atoms with Crippen LogP contribution in [-0.4, -0.2) is 57.1 Å². The van der Waals surface area contributed by atoms with Crippen molar-refractivity contribution >= 4 is 10.8 Å². The summed E-state index contributed by atoms with van der Waals surface area (Å²) in [5.74, 6) is 0.482. The average Bonchev–Trinajstić information content (AvgIpc) is 2.81. The summed E-state index contributed by atoms with van der Waals surface area (Å²) < 4.78 is 49.3. The van der Waals surface area contributed by atoms with Crippen molar-refractivity contribution in [2.24, 2.45) is 0 Å². The SMILES string of the molecule is COc1cc(F)c(OC)c2c(OC)c([C@@H]3CC[C@@H](O[C@@H]4C=C[C@H](O)[C@@H](C)O4)[C@H](C)O3)ccc12. The van der Waals surface area contributed by atoms with Gasteiger partial charge in [0.2, 0.25) is 0 Å². The van der Waals surface area contributed by atoms with Gasteiger partial charge in [-0.3, -0.25) is 0 Å². The molecule has 0 bridgehead atoms. The van der Waals surface area contributed by atoms with Crippen LogP contribution in [0.5, 0.6) is 17.2 Å². The number of hydrogen-bond donors (Lipinski definition) is 1. The minimum atomic E-state index is -0.630. The van der Waals surface area contributed by atoms with Crippen LogP contribution in [0.4, 0.5) is 4.39 Å². The van der Waals surface area contributed by atoms with E-state index in [9.17, 15) is 9.50 Å². The van der Waals surface area contributed by atoms with Gasteiger partial charge in [-0.05, 0) is 38.8 Å². The van der Waals surface area contributed by atoms with Gasteiger partial charge in [0.1, 0.15) is 11.5 Å². The van der Waals surface area contributed by atoms with Crippen molar-refractivity contribution in [2.75, 3.05) is 21.3 Å². The van der Waals surface area contributed by atoms with Crippen molar-refractivity contribution in [3.8, 4) is 17.2 Å². The zero-order valence-electron chi connectivity index (χ0n) is 19.5. The third-order valence-corrected chi connectivity index (χ3v) is 6.35. The second-order valence-corrected chi connectivity index (χ2v) is 8.37. The van der Waals surface area contributed by atoms with Crippen LogP contribution in [-0.2, 0) is 14.2 Å². The number of aliphatic hydroxyl groups is 1. The Morgan fingerprint density at radius 3 is 2.33 bits per heavy atom. The van der Waals surface area contributed by atoms with Crippen molar-refractivity contribution in [2.45, 2.75) is 63.5 Å². The first kappa shape index (κ1) is 23.8. The van der Waals surface area contributed by atoms with Gasteiger partial charge in [-0.25, -0.2) is 4.39 Å². The lowest BCUT2D eigenvalue weighted by Gasteiger charge is -2.38. The molecule has 180 valence electrons. The maximum absolute atomic E-state index is 14.7. The molecular weight excluding hydrogens is 431 g/mol. The number of methoxy groups -OCH3 is 3. The highest BCUT2D eigenvalue weighted by Crippen LogP contribution is 2.46. The summed E-state index contributed by atoms with van der Waals surface area (Å²) in [6.07, 6.45) is 2.70. The molecule has 0 spiro atoms. The first-order valence-corrected chi connectivity index (χ1v) is 11.1. The molecule has 2 aliphatic heterocycles. The van der Waals surface area contributed by atoms with Gasteiger partial charge in [-0.15, -0.1) is 0 Å². The topological polar surface area (TPSA) is 75.6 Å². The largest absolute Gasteiger partial charge is 0.496 e. The first-order chi connectivity index (χ1) is 15.9. The second-order valence-electron chi connectivity index (χ2n) is 8.37. The van der Waals surface area contributed by atoms with Crippen LogP contribution in [0.25, 0.3) is 10.8 Å². The molecule has 1 N–H and O–H groups in total. The molecule has 0 aliphatic carbocycles. The van der Waals surface area contributed by atoms with Crippen molar-refractivity contribution in [3.05, 3.63) is 41.7 Å². The summed E-state index contributed by atoms with van der Waals surface area (Å²) in [6, 6.07) is 5.11. The maximum Gasteiger partial charge on any atom is 0.177 e. The highest BCUT2D eigenvalue weighted by molar-refractivity contribution is 5.99. The zero-order valence-corrected chi connectivity index (χ0v) is 19.5. The smallest absolute Gasteiger partial charge is 0.177 e. The van der Waals surface area contributed by atoms with E-state index in [1.807, 2.05) is 19.1 Å². The second kappa shape index (κ2) is 9.85. The Kier molecular flexibility index (Phi) is 7.09. The van der Waals surface area contributed by atoms with Crippen molar-refractivity contribution < 1.29 is 37.9 Å². The highest BCUT2D eigenvalue weighted by atomic mass is 19.1. The van der Waals surface area contributed by atoms with Crippen LogP contribution in [0, 0.1) is 5.82 Å². The van der Waals surface area contributed by atoms with Crippen molar-refractivity contribution in [3.63, 3.8) is 0 Å². The van der Waals surface area contributed by atoms with Crippen molar-refractivity contribution in [1.29, 1.82) is 0 Å². The van der Waals surface area contributed by atoms with E-state index >= 15 is 0 Å². The van der Waals surface area contributed by atoms with E-state index in [0.29, 0.717) is 28.7 Å². The molecule has 1 saturated heterocycles. The number of aliphatic hydroxyl groups excluding tert-OH is 1. The molecule has 2 heterocycles. The zero-order chi connectivity index (χ0) is 23.7. The molecule has 2 aliphatic rings. The lowest BCUT2D eigenvalue weighted by molar-refractivity contribution is -0.225. The summed E-state index contributed by atoms with van der Waals surface area (Å²) >= 11 is 0. The first-order valence-electron chi connectivity index (χ1n) is 11.1. The fourth-order valence-electron chi connectivity index (χ4n) is 4.57. The van der Waals surface area contributed by atoms with Gasteiger partial charge in [0.15, 0.2) is 17.9 Å². The molecule has 1 fully saturated rings. The van der Waals surface area contributed by atoms with Gasteiger partial charge in [0, 0.05) is 17.0 Å². The van der Waals surface area contributed by atoms with Crippen LogP contribution in [0.2, 0.25) is 0 Å². The lowest BCUT2D eigenvalue weighted by Crippen LogP contribution is -2.41. The Hall–Kier alpha value is -2.39. The molecule has 7 nitrogen and oxygen atoms in total. The van der Waals surface area contributed by atoms with Gasteiger partial charge in [0.25, 0.3) is 0 Å². The van der Waals surface area contributed by atoms with E-state index in [1.54, 1.807) is 26.2 Å². The third kappa shape index (κ3) is 4.53. The summed E-state index contributed by atoms with van der Waals surface area (Å²) in [7, 11) is 4.48. The Balaban J connectivity index is 1.59. The predicted octanol–water partition coefficient (Wildman–Crippen LogP) is 4.29. The number of halogens is 1. The fourth-order valence-corrected chi connectivity index (χ4v) is 4.57. The van der Waals surface area contributed by atoms with Gasteiger partial charge in [-0.1, -0.05) is 12.1 Å². The monoisotopic (exact) mass is 462 g/mol. The average molecular weight is 463 g/mol. The summed E-state index contributed by atoms with van der Waals surface area (Å²) in [5, 5.41) is 11.0. The molecule has 8 heteroatoms.